The number of carbonyl (C=O) groups excluding carboxylic acids is 4. The Balaban J connectivity index is 3.80. The van der Waals surface area contributed by atoms with E-state index in [2.05, 4.69) is 13.8 Å². The molecule has 0 aromatic rings. The van der Waals surface area contributed by atoms with E-state index in [4.69, 9.17) is 0 Å². The van der Waals surface area contributed by atoms with Crippen molar-refractivity contribution in [3.63, 3.8) is 0 Å². The maximum absolute atomic E-state index is 12.1. The van der Waals surface area contributed by atoms with Crippen LogP contribution in [0, 0.1) is 0 Å². The lowest BCUT2D eigenvalue weighted by Gasteiger charge is -2.12. The zero-order valence-corrected chi connectivity index (χ0v) is 26.0. The zero-order valence-electron chi connectivity index (χ0n) is 26.0. The minimum Gasteiger partial charge on any atom is -0.393 e. The van der Waals surface area contributed by atoms with E-state index in [9.17, 15) is 39.6 Å². The molecule has 0 aromatic heterocycles. The van der Waals surface area contributed by atoms with Gasteiger partial charge in [-0.3, -0.25) is 19.2 Å². The number of hydrogen-bond acceptors (Lipinski definition) is 8. The molecule has 4 N–H and O–H groups in total. The van der Waals surface area contributed by atoms with Gasteiger partial charge in [0.2, 0.25) is 0 Å². The second kappa shape index (κ2) is 26.2. The van der Waals surface area contributed by atoms with Crippen molar-refractivity contribution in [2.24, 2.45) is 0 Å². The number of aliphatic hydroxyl groups is 4. The third kappa shape index (κ3) is 25.9. The quantitative estimate of drug-likeness (QED) is 0.0784. The number of Topliss-reactive ketones (excluding diaryl/α,β-unsaturated/α-hetero) is 4. The smallest absolute Gasteiger partial charge is 0.135 e. The molecule has 0 spiro atoms. The van der Waals surface area contributed by atoms with Crippen molar-refractivity contribution in [3.8, 4) is 0 Å². The largest absolute Gasteiger partial charge is 0.393 e. The molecule has 0 aliphatic carbocycles. The van der Waals surface area contributed by atoms with Crippen LogP contribution in [-0.2, 0) is 19.2 Å². The number of ketones is 4. The molecule has 0 fully saturated rings. The summed E-state index contributed by atoms with van der Waals surface area (Å²) in [7, 11) is 0. The molecule has 0 bridgehead atoms. The standard InChI is InChI=1S/C33H60O8/c1-3-5-8-14-26(34)22-30(38)18-12-20-32(40)24-28(36)16-10-7-11-17-29(37)25-33(41)21-13-19-31(39)23-27(35)15-9-6-4-2/h26-27,32-35,40-41H,3-25H2,1-2H3. The molecule has 0 amide bonds. The van der Waals surface area contributed by atoms with Gasteiger partial charge in [-0.15, -0.1) is 0 Å². The molecule has 0 heterocycles. The molecular weight excluding hydrogens is 524 g/mol. The molecule has 41 heavy (non-hydrogen) atoms. The summed E-state index contributed by atoms with van der Waals surface area (Å²) >= 11 is 0. The molecule has 0 rings (SSSR count). The molecular formula is C33H60O8. The van der Waals surface area contributed by atoms with Gasteiger partial charge in [0.25, 0.3) is 0 Å². The summed E-state index contributed by atoms with van der Waals surface area (Å²) in [6.45, 7) is 4.18. The zero-order chi connectivity index (χ0) is 30.9. The van der Waals surface area contributed by atoms with Crippen LogP contribution in [0.1, 0.15) is 162 Å². The highest BCUT2D eigenvalue weighted by Gasteiger charge is 2.16. The van der Waals surface area contributed by atoms with E-state index in [0.29, 0.717) is 83.5 Å². The molecule has 0 aromatic carbocycles. The fourth-order valence-electron chi connectivity index (χ4n) is 5.02. The van der Waals surface area contributed by atoms with Gasteiger partial charge in [-0.05, 0) is 51.4 Å². The van der Waals surface area contributed by atoms with Crippen LogP contribution in [0.15, 0.2) is 0 Å². The minimum atomic E-state index is -0.765. The predicted octanol–water partition coefficient (Wildman–Crippen LogP) is 5.72. The summed E-state index contributed by atoms with van der Waals surface area (Å²) < 4.78 is 0. The Morgan fingerprint density at radius 1 is 0.390 bits per heavy atom. The molecule has 8 nitrogen and oxygen atoms in total. The lowest BCUT2D eigenvalue weighted by atomic mass is 9.98. The van der Waals surface area contributed by atoms with Crippen LogP contribution in [0.5, 0.6) is 0 Å². The Morgan fingerprint density at radius 3 is 0.951 bits per heavy atom. The summed E-state index contributed by atoms with van der Waals surface area (Å²) in [6, 6.07) is 0. The van der Waals surface area contributed by atoms with Gasteiger partial charge in [-0.25, -0.2) is 0 Å². The van der Waals surface area contributed by atoms with Crippen LogP contribution in [0.2, 0.25) is 0 Å². The van der Waals surface area contributed by atoms with Crippen molar-refractivity contribution in [2.75, 3.05) is 0 Å². The van der Waals surface area contributed by atoms with Crippen LogP contribution >= 0.6 is 0 Å². The van der Waals surface area contributed by atoms with Crippen LogP contribution in [0.3, 0.4) is 0 Å². The monoisotopic (exact) mass is 584 g/mol. The first kappa shape index (κ1) is 39.5. The van der Waals surface area contributed by atoms with Crippen molar-refractivity contribution in [3.05, 3.63) is 0 Å². The summed E-state index contributed by atoms with van der Waals surface area (Å²) in [5.74, 6) is -0.0669. The second-order valence-electron chi connectivity index (χ2n) is 11.9. The molecule has 4 atom stereocenters. The SMILES string of the molecule is CCCCCC(O)CC(=O)CCCC(O)CC(=O)CCCCCC(=O)CC(O)CCCC(=O)CC(O)CCCCC. The number of aliphatic hydroxyl groups excluding tert-OH is 4. The second-order valence-corrected chi connectivity index (χ2v) is 11.9. The van der Waals surface area contributed by atoms with Crippen LogP contribution < -0.4 is 0 Å². The molecule has 0 aliphatic rings. The van der Waals surface area contributed by atoms with Gasteiger partial charge in [0.1, 0.15) is 23.1 Å². The van der Waals surface area contributed by atoms with Gasteiger partial charge in [-0.1, -0.05) is 58.8 Å². The Bertz CT molecular complexity index is 649. The molecule has 0 aliphatic heterocycles. The van der Waals surface area contributed by atoms with Crippen molar-refractivity contribution in [2.45, 2.75) is 186 Å². The summed E-state index contributed by atoms with van der Waals surface area (Å²) in [4.78, 5) is 48.2. The molecule has 0 radical (unpaired) electrons. The Morgan fingerprint density at radius 2 is 0.659 bits per heavy atom. The van der Waals surface area contributed by atoms with E-state index in [1.54, 1.807) is 0 Å². The van der Waals surface area contributed by atoms with E-state index >= 15 is 0 Å². The average molecular weight is 585 g/mol. The van der Waals surface area contributed by atoms with Gasteiger partial charge >= 0.3 is 0 Å². The first-order chi connectivity index (χ1) is 19.6. The third-order valence-corrected chi connectivity index (χ3v) is 7.53. The molecule has 0 saturated carbocycles. The number of carbonyl (C=O) groups is 4. The van der Waals surface area contributed by atoms with Gasteiger partial charge in [0, 0.05) is 51.4 Å². The highest BCUT2D eigenvalue weighted by molar-refractivity contribution is 5.80. The summed E-state index contributed by atoms with van der Waals surface area (Å²) in [5, 5.41) is 40.0. The van der Waals surface area contributed by atoms with Gasteiger partial charge in [0.05, 0.1) is 24.4 Å². The van der Waals surface area contributed by atoms with E-state index < -0.39 is 24.4 Å². The normalized spacial score (nSPS) is 14.4. The van der Waals surface area contributed by atoms with E-state index in [0.717, 1.165) is 38.5 Å². The average Bonchev–Trinajstić information content (AvgIpc) is 2.88. The predicted molar refractivity (Wildman–Crippen MR) is 162 cm³/mol. The number of rotatable bonds is 30. The fourth-order valence-corrected chi connectivity index (χ4v) is 5.02. The Labute approximate surface area is 248 Å². The summed E-state index contributed by atoms with van der Waals surface area (Å²) in [6.07, 6.45) is 10.2. The van der Waals surface area contributed by atoms with Crippen molar-refractivity contribution in [1.29, 1.82) is 0 Å². The van der Waals surface area contributed by atoms with E-state index in [1.165, 1.54) is 0 Å². The van der Waals surface area contributed by atoms with E-state index in [1.807, 2.05) is 0 Å². The van der Waals surface area contributed by atoms with Crippen LogP contribution in [-0.4, -0.2) is 68.0 Å². The number of unbranched alkanes of at least 4 members (excludes halogenated alkanes) is 6. The molecule has 8 heteroatoms. The van der Waals surface area contributed by atoms with Gasteiger partial charge in [0.15, 0.2) is 0 Å². The fraction of sp³-hybridized carbons (Fsp3) is 0.879. The summed E-state index contributed by atoms with van der Waals surface area (Å²) in [5.41, 5.74) is 0. The van der Waals surface area contributed by atoms with Gasteiger partial charge < -0.3 is 20.4 Å². The topological polar surface area (TPSA) is 149 Å². The van der Waals surface area contributed by atoms with Crippen molar-refractivity contribution >= 4 is 23.1 Å². The third-order valence-electron chi connectivity index (χ3n) is 7.53. The first-order valence-electron chi connectivity index (χ1n) is 16.4. The van der Waals surface area contributed by atoms with Crippen molar-refractivity contribution < 1.29 is 39.6 Å². The van der Waals surface area contributed by atoms with Crippen LogP contribution in [0.25, 0.3) is 0 Å². The Hall–Kier alpha value is -1.48. The van der Waals surface area contributed by atoms with E-state index in [-0.39, 0.29) is 48.8 Å². The molecule has 4 unspecified atom stereocenters. The first-order valence-corrected chi connectivity index (χ1v) is 16.4. The van der Waals surface area contributed by atoms with Gasteiger partial charge in [-0.2, -0.15) is 0 Å². The molecule has 0 saturated heterocycles. The van der Waals surface area contributed by atoms with Crippen LogP contribution in [0.4, 0.5) is 0 Å². The highest BCUT2D eigenvalue weighted by atomic mass is 16.3. The minimum absolute atomic E-state index is 0.00562. The Kier molecular flexibility index (Phi) is 25.2. The highest BCUT2D eigenvalue weighted by Crippen LogP contribution is 2.15. The number of hydrogen-bond donors (Lipinski definition) is 4. The maximum Gasteiger partial charge on any atom is 0.135 e. The van der Waals surface area contributed by atoms with Crippen molar-refractivity contribution in [1.82, 2.24) is 0 Å². The lowest BCUT2D eigenvalue weighted by molar-refractivity contribution is -0.122. The maximum atomic E-state index is 12.1. The molecule has 240 valence electrons. The lowest BCUT2D eigenvalue weighted by Crippen LogP contribution is -2.16.